The van der Waals surface area contributed by atoms with Gasteiger partial charge in [0.2, 0.25) is 0 Å². The van der Waals surface area contributed by atoms with Crippen molar-refractivity contribution in [3.05, 3.63) is 35.4 Å². The van der Waals surface area contributed by atoms with Crippen LogP contribution >= 0.6 is 0 Å². The normalized spacial score (nSPS) is 24.9. The number of likely N-dealkylation sites (tertiary alicyclic amines) is 1. The standard InChI is InChI=1S/C23H38N4O/c1-18-6-8-20(9-7-18)22-21(5-4-16-28-22)17-26-23(24-2)25-13-10-19-11-14-27(3)15-12-19/h6-9,19,21-22H,4-5,10-17H2,1-3H3,(H2,24,25,26). The lowest BCUT2D eigenvalue weighted by Crippen LogP contribution is -2.42. The van der Waals surface area contributed by atoms with Crippen molar-refractivity contribution in [2.24, 2.45) is 16.8 Å². The van der Waals surface area contributed by atoms with Gasteiger partial charge in [-0.3, -0.25) is 4.99 Å². The number of aryl methyl sites for hydroxylation is 1. The second kappa shape index (κ2) is 10.8. The van der Waals surface area contributed by atoms with E-state index in [-0.39, 0.29) is 6.10 Å². The number of guanidine groups is 1. The molecule has 1 aromatic rings. The fraction of sp³-hybridized carbons (Fsp3) is 0.696. The van der Waals surface area contributed by atoms with Crippen LogP contribution in [0.15, 0.2) is 29.3 Å². The first kappa shape index (κ1) is 21.1. The molecule has 0 bridgehead atoms. The molecular formula is C23H38N4O. The van der Waals surface area contributed by atoms with Gasteiger partial charge in [0.25, 0.3) is 0 Å². The molecule has 2 fully saturated rings. The summed E-state index contributed by atoms with van der Waals surface area (Å²) in [4.78, 5) is 6.85. The van der Waals surface area contributed by atoms with E-state index in [1.807, 2.05) is 7.05 Å². The molecule has 2 N–H and O–H groups in total. The lowest BCUT2D eigenvalue weighted by atomic mass is 9.89. The zero-order chi connectivity index (χ0) is 19.8. The molecule has 0 amide bonds. The van der Waals surface area contributed by atoms with Crippen LogP contribution in [0.2, 0.25) is 0 Å². The summed E-state index contributed by atoms with van der Waals surface area (Å²) < 4.78 is 6.15. The Labute approximate surface area is 170 Å². The molecule has 3 rings (SSSR count). The van der Waals surface area contributed by atoms with Crippen LogP contribution in [0.5, 0.6) is 0 Å². The van der Waals surface area contributed by atoms with E-state index in [2.05, 4.69) is 58.8 Å². The van der Waals surface area contributed by atoms with Gasteiger partial charge in [0.05, 0.1) is 6.10 Å². The number of benzene rings is 1. The third-order valence-corrected chi connectivity index (χ3v) is 6.29. The van der Waals surface area contributed by atoms with E-state index in [4.69, 9.17) is 4.74 Å². The Morgan fingerprint density at radius 1 is 1.14 bits per heavy atom. The maximum absolute atomic E-state index is 6.15. The molecular weight excluding hydrogens is 348 g/mol. The Morgan fingerprint density at radius 3 is 2.61 bits per heavy atom. The van der Waals surface area contributed by atoms with E-state index >= 15 is 0 Å². The minimum Gasteiger partial charge on any atom is -0.373 e. The van der Waals surface area contributed by atoms with Gasteiger partial charge < -0.3 is 20.3 Å². The first-order valence-corrected chi connectivity index (χ1v) is 11.0. The molecule has 2 unspecified atom stereocenters. The summed E-state index contributed by atoms with van der Waals surface area (Å²) in [7, 11) is 4.08. The topological polar surface area (TPSA) is 48.9 Å². The SMILES string of the molecule is CN=C(NCCC1CCN(C)CC1)NCC1CCCOC1c1ccc(C)cc1. The average molecular weight is 387 g/mol. The minimum atomic E-state index is 0.180. The second-order valence-corrected chi connectivity index (χ2v) is 8.52. The fourth-order valence-corrected chi connectivity index (χ4v) is 4.37. The summed E-state index contributed by atoms with van der Waals surface area (Å²) in [5.74, 6) is 2.24. The maximum atomic E-state index is 6.15. The van der Waals surface area contributed by atoms with Gasteiger partial charge in [0.15, 0.2) is 5.96 Å². The Kier molecular flexibility index (Phi) is 8.16. The van der Waals surface area contributed by atoms with Crippen LogP contribution in [-0.4, -0.2) is 57.7 Å². The van der Waals surface area contributed by atoms with Crippen LogP contribution in [0.25, 0.3) is 0 Å². The molecule has 0 spiro atoms. The molecule has 5 heteroatoms. The van der Waals surface area contributed by atoms with Crippen LogP contribution in [0.3, 0.4) is 0 Å². The number of rotatable bonds is 6. The van der Waals surface area contributed by atoms with Crippen molar-refractivity contribution in [3.8, 4) is 0 Å². The highest BCUT2D eigenvalue weighted by Gasteiger charge is 2.27. The van der Waals surface area contributed by atoms with Crippen molar-refractivity contribution in [2.45, 2.75) is 45.1 Å². The van der Waals surface area contributed by atoms with Gasteiger partial charge in [-0.1, -0.05) is 29.8 Å². The van der Waals surface area contributed by atoms with Gasteiger partial charge in [-0.2, -0.15) is 0 Å². The van der Waals surface area contributed by atoms with Crippen LogP contribution in [-0.2, 0) is 4.74 Å². The number of ether oxygens (including phenoxy) is 1. The lowest BCUT2D eigenvalue weighted by molar-refractivity contribution is -0.0265. The fourth-order valence-electron chi connectivity index (χ4n) is 4.37. The first-order valence-electron chi connectivity index (χ1n) is 11.0. The predicted molar refractivity (Wildman–Crippen MR) is 117 cm³/mol. The Bertz CT molecular complexity index is 608. The quantitative estimate of drug-likeness (QED) is 0.581. The van der Waals surface area contributed by atoms with Crippen molar-refractivity contribution in [2.75, 3.05) is 46.9 Å². The van der Waals surface area contributed by atoms with Crippen LogP contribution in [0, 0.1) is 18.8 Å². The van der Waals surface area contributed by atoms with Gasteiger partial charge in [-0.15, -0.1) is 0 Å². The number of nitrogens with zero attached hydrogens (tertiary/aromatic N) is 2. The Hall–Kier alpha value is -1.59. The van der Waals surface area contributed by atoms with Crippen LogP contribution < -0.4 is 10.6 Å². The van der Waals surface area contributed by atoms with Gasteiger partial charge >= 0.3 is 0 Å². The third kappa shape index (κ3) is 6.21. The number of hydrogen-bond donors (Lipinski definition) is 2. The summed E-state index contributed by atoms with van der Waals surface area (Å²) in [6, 6.07) is 8.79. The molecule has 0 aromatic heterocycles. The van der Waals surface area contributed by atoms with Crippen LogP contribution in [0.4, 0.5) is 0 Å². The molecule has 156 valence electrons. The number of aliphatic imine (C=N–C) groups is 1. The Balaban J connectivity index is 1.44. The van der Waals surface area contributed by atoms with Gasteiger partial charge in [-0.05, 0) is 70.6 Å². The number of nitrogens with one attached hydrogen (secondary N) is 2. The zero-order valence-corrected chi connectivity index (χ0v) is 17.9. The molecule has 2 heterocycles. The average Bonchev–Trinajstić information content (AvgIpc) is 2.73. The van der Waals surface area contributed by atoms with Crippen molar-refractivity contribution >= 4 is 5.96 Å². The molecule has 0 aliphatic carbocycles. The monoisotopic (exact) mass is 386 g/mol. The van der Waals surface area contributed by atoms with Crippen molar-refractivity contribution in [1.29, 1.82) is 0 Å². The van der Waals surface area contributed by atoms with Gasteiger partial charge in [-0.25, -0.2) is 0 Å². The highest BCUT2D eigenvalue weighted by atomic mass is 16.5. The summed E-state index contributed by atoms with van der Waals surface area (Å²) in [6.07, 6.45) is 6.38. The first-order chi connectivity index (χ1) is 13.7. The molecule has 5 nitrogen and oxygen atoms in total. The largest absolute Gasteiger partial charge is 0.373 e. The minimum absolute atomic E-state index is 0.180. The van der Waals surface area contributed by atoms with Crippen molar-refractivity contribution in [3.63, 3.8) is 0 Å². The van der Waals surface area contributed by atoms with E-state index < -0.39 is 0 Å². The predicted octanol–water partition coefficient (Wildman–Crippen LogP) is 3.36. The van der Waals surface area contributed by atoms with Crippen molar-refractivity contribution < 1.29 is 4.74 Å². The molecule has 0 radical (unpaired) electrons. The van der Waals surface area contributed by atoms with Gasteiger partial charge in [0.1, 0.15) is 0 Å². The summed E-state index contributed by atoms with van der Waals surface area (Å²) in [6.45, 7) is 7.35. The van der Waals surface area contributed by atoms with E-state index in [0.717, 1.165) is 38.0 Å². The van der Waals surface area contributed by atoms with E-state index in [0.29, 0.717) is 5.92 Å². The summed E-state index contributed by atoms with van der Waals surface area (Å²) in [5.41, 5.74) is 2.59. The van der Waals surface area contributed by atoms with Gasteiger partial charge in [0, 0.05) is 32.7 Å². The zero-order valence-electron chi connectivity index (χ0n) is 17.9. The highest BCUT2D eigenvalue weighted by molar-refractivity contribution is 5.79. The van der Waals surface area contributed by atoms with E-state index in [1.54, 1.807) is 0 Å². The summed E-state index contributed by atoms with van der Waals surface area (Å²) >= 11 is 0. The lowest BCUT2D eigenvalue weighted by Gasteiger charge is -2.33. The van der Waals surface area contributed by atoms with E-state index in [1.165, 1.54) is 49.9 Å². The second-order valence-electron chi connectivity index (χ2n) is 8.52. The Morgan fingerprint density at radius 2 is 1.89 bits per heavy atom. The molecule has 2 aliphatic heterocycles. The molecule has 28 heavy (non-hydrogen) atoms. The molecule has 2 atom stereocenters. The number of hydrogen-bond acceptors (Lipinski definition) is 3. The molecule has 2 saturated heterocycles. The smallest absolute Gasteiger partial charge is 0.190 e. The molecule has 2 aliphatic rings. The molecule has 1 aromatic carbocycles. The van der Waals surface area contributed by atoms with E-state index in [9.17, 15) is 0 Å². The molecule has 0 saturated carbocycles. The third-order valence-electron chi connectivity index (χ3n) is 6.29. The van der Waals surface area contributed by atoms with Crippen molar-refractivity contribution in [1.82, 2.24) is 15.5 Å². The maximum Gasteiger partial charge on any atom is 0.190 e. The van der Waals surface area contributed by atoms with Crippen LogP contribution in [0.1, 0.15) is 49.3 Å². The summed E-state index contributed by atoms with van der Waals surface area (Å²) in [5, 5.41) is 7.06. The number of piperidine rings is 1. The highest BCUT2D eigenvalue weighted by Crippen LogP contribution is 2.33.